The van der Waals surface area contributed by atoms with Crippen LogP contribution in [0.15, 0.2) is 0 Å². The quantitative estimate of drug-likeness (QED) is 0.257. The summed E-state index contributed by atoms with van der Waals surface area (Å²) in [5.74, 6) is 0. The topological polar surface area (TPSA) is 69.4 Å². The summed E-state index contributed by atoms with van der Waals surface area (Å²) >= 11 is 0. The van der Waals surface area contributed by atoms with Crippen molar-refractivity contribution in [3.63, 3.8) is 0 Å². The Morgan fingerprint density at radius 2 is 2.33 bits per heavy atom. The maximum Gasteiger partial charge on any atom is 0.302 e. The van der Waals surface area contributed by atoms with Gasteiger partial charge in [0, 0.05) is 0 Å². The molecule has 0 aliphatic rings. The van der Waals surface area contributed by atoms with Crippen LogP contribution < -0.4 is 0 Å². The van der Waals surface area contributed by atoms with Gasteiger partial charge in [-0.15, -0.1) is 10.1 Å². The third kappa shape index (κ3) is 2.87. The number of rotatable bonds is 2. The monoisotopic (exact) mass is 91.0 g/mol. The summed E-state index contributed by atoms with van der Waals surface area (Å²) < 4.78 is 0. The van der Waals surface area contributed by atoms with Gasteiger partial charge in [-0.2, -0.15) is 0 Å². The first-order chi connectivity index (χ1) is 2.77. The van der Waals surface area contributed by atoms with Crippen LogP contribution in [0.3, 0.4) is 0 Å². The molecule has 6 heavy (non-hydrogen) atoms. The fraction of sp³-hybridized carbons (Fsp3) is 0. The fourth-order valence-corrected chi connectivity index (χ4v) is 0.0351. The van der Waals surface area contributed by atoms with E-state index in [1.165, 1.54) is 0 Å². The average Bonchev–Trinajstić information content (AvgIpc) is 1.35. The van der Waals surface area contributed by atoms with Crippen molar-refractivity contribution in [1.29, 1.82) is 0 Å². The molecular formula is CHNO4. The molecule has 0 fully saturated rings. The SMILES string of the molecule is O=CO[N+](=O)[O-]. The second kappa shape index (κ2) is 2.13. The molecule has 5 nitrogen and oxygen atoms in total. The van der Waals surface area contributed by atoms with Gasteiger partial charge in [0.15, 0.2) is 0 Å². The van der Waals surface area contributed by atoms with Crippen molar-refractivity contribution in [2.24, 2.45) is 0 Å². The Hall–Kier alpha value is -1.13. The number of carbonyl (C=O) groups excluding carboxylic acids is 1. The van der Waals surface area contributed by atoms with Crippen molar-refractivity contribution in [1.82, 2.24) is 0 Å². The minimum absolute atomic E-state index is 0.250. The second-order valence-corrected chi connectivity index (χ2v) is 0.425. The summed E-state index contributed by atoms with van der Waals surface area (Å²) in [6.45, 7) is -0.250. The maximum absolute atomic E-state index is 8.95. The van der Waals surface area contributed by atoms with Crippen molar-refractivity contribution in [3.8, 4) is 0 Å². The first kappa shape index (κ1) is 4.87. The van der Waals surface area contributed by atoms with Crippen molar-refractivity contribution in [2.75, 3.05) is 0 Å². The molecule has 0 aliphatic carbocycles. The Labute approximate surface area is 32.6 Å². The van der Waals surface area contributed by atoms with E-state index in [0.717, 1.165) is 0 Å². The van der Waals surface area contributed by atoms with Crippen LogP contribution in [0.2, 0.25) is 0 Å². The van der Waals surface area contributed by atoms with Crippen LogP contribution in [0.5, 0.6) is 0 Å². The number of nitrogens with zero attached hydrogens (tertiary/aromatic N) is 1. The van der Waals surface area contributed by atoms with Crippen LogP contribution in [-0.2, 0) is 9.63 Å². The summed E-state index contributed by atoms with van der Waals surface area (Å²) in [6.07, 6.45) is 0. The van der Waals surface area contributed by atoms with E-state index < -0.39 is 5.09 Å². The molecule has 5 heteroatoms. The van der Waals surface area contributed by atoms with Gasteiger partial charge in [0.2, 0.25) is 0 Å². The number of hydrogen-bond acceptors (Lipinski definition) is 4. The van der Waals surface area contributed by atoms with E-state index in [2.05, 4.69) is 4.84 Å². The molecule has 34 valence electrons. The predicted octanol–water partition coefficient (Wildman–Crippen LogP) is -0.649. The van der Waals surface area contributed by atoms with Crippen LogP contribution in [0.25, 0.3) is 0 Å². The Kier molecular flexibility index (Phi) is 1.73. The van der Waals surface area contributed by atoms with Gasteiger partial charge in [0.1, 0.15) is 0 Å². The van der Waals surface area contributed by atoms with E-state index in [0.29, 0.717) is 0 Å². The molecule has 0 heterocycles. The van der Waals surface area contributed by atoms with Gasteiger partial charge in [-0.3, -0.25) is 4.79 Å². The lowest BCUT2D eigenvalue weighted by Crippen LogP contribution is -1.95. The van der Waals surface area contributed by atoms with Crippen LogP contribution in [0.1, 0.15) is 0 Å². The van der Waals surface area contributed by atoms with Gasteiger partial charge in [-0.1, -0.05) is 0 Å². The standard InChI is InChI=1S/CHNO4/c3-1-6-2(4)5/h1H. The zero-order chi connectivity index (χ0) is 4.99. The summed E-state index contributed by atoms with van der Waals surface area (Å²) in [5.41, 5.74) is 0. The first-order valence-corrected chi connectivity index (χ1v) is 1.02. The third-order valence-corrected chi connectivity index (χ3v) is 0.129. The van der Waals surface area contributed by atoms with Crippen molar-refractivity contribution >= 4 is 6.47 Å². The van der Waals surface area contributed by atoms with Crippen molar-refractivity contribution in [3.05, 3.63) is 10.1 Å². The Bertz CT molecular complexity index is 67.9. The van der Waals surface area contributed by atoms with Gasteiger partial charge in [-0.05, 0) is 0 Å². The highest BCUT2D eigenvalue weighted by molar-refractivity contribution is 5.35. The molecule has 0 aromatic rings. The van der Waals surface area contributed by atoms with Crippen LogP contribution in [0, 0.1) is 10.1 Å². The molecule has 0 saturated heterocycles. The average molecular weight is 91.0 g/mol. The van der Waals surface area contributed by atoms with Crippen LogP contribution in [-0.4, -0.2) is 11.6 Å². The highest BCUT2D eigenvalue weighted by Crippen LogP contribution is 1.60. The lowest BCUT2D eigenvalue weighted by atomic mass is 11.6. The lowest BCUT2D eigenvalue weighted by molar-refractivity contribution is -0.726. The van der Waals surface area contributed by atoms with Crippen molar-refractivity contribution in [2.45, 2.75) is 0 Å². The molecule has 0 bridgehead atoms. The summed E-state index contributed by atoms with van der Waals surface area (Å²) in [4.78, 5) is 21.0. The summed E-state index contributed by atoms with van der Waals surface area (Å²) in [5, 5.41) is 7.76. The van der Waals surface area contributed by atoms with Gasteiger partial charge < -0.3 is 0 Å². The molecule has 0 aliphatic heterocycles. The molecule has 0 aromatic carbocycles. The molecule has 0 amide bonds. The normalized spacial score (nSPS) is 6.67. The van der Waals surface area contributed by atoms with Crippen LogP contribution in [0.4, 0.5) is 0 Å². The van der Waals surface area contributed by atoms with E-state index in [9.17, 15) is 0 Å². The molecule has 0 unspecified atom stereocenters. The Balaban J connectivity index is 3.05. The second-order valence-electron chi connectivity index (χ2n) is 0.425. The summed E-state index contributed by atoms with van der Waals surface area (Å²) in [6, 6.07) is 0. The highest BCUT2D eigenvalue weighted by Gasteiger charge is 1.84. The molecule has 0 spiro atoms. The summed E-state index contributed by atoms with van der Waals surface area (Å²) in [7, 11) is 0. The minimum Gasteiger partial charge on any atom is -0.272 e. The number of hydrogen-bond donors (Lipinski definition) is 0. The molecular weight excluding hydrogens is 90.0 g/mol. The van der Waals surface area contributed by atoms with Gasteiger partial charge >= 0.3 is 5.09 Å². The number of carbonyl (C=O) groups is 1. The lowest BCUT2D eigenvalue weighted by Gasteiger charge is -1.73. The molecule has 0 rings (SSSR count). The molecule has 0 radical (unpaired) electrons. The molecule has 0 atom stereocenters. The highest BCUT2D eigenvalue weighted by atomic mass is 17.0. The van der Waals surface area contributed by atoms with E-state index in [-0.39, 0.29) is 6.47 Å². The van der Waals surface area contributed by atoms with Crippen LogP contribution >= 0.6 is 0 Å². The van der Waals surface area contributed by atoms with Crippen molar-refractivity contribution < 1.29 is 14.7 Å². The largest absolute Gasteiger partial charge is 0.302 e. The minimum atomic E-state index is -1.19. The van der Waals surface area contributed by atoms with E-state index in [1.807, 2.05) is 0 Å². The van der Waals surface area contributed by atoms with Gasteiger partial charge in [-0.25, -0.2) is 4.84 Å². The Morgan fingerprint density at radius 1 is 1.83 bits per heavy atom. The van der Waals surface area contributed by atoms with E-state index in [4.69, 9.17) is 14.9 Å². The maximum atomic E-state index is 8.95. The first-order valence-electron chi connectivity index (χ1n) is 1.02. The van der Waals surface area contributed by atoms with Gasteiger partial charge in [0.25, 0.3) is 6.47 Å². The molecule has 0 N–H and O–H groups in total. The predicted molar refractivity (Wildman–Crippen MR) is 14.1 cm³/mol. The zero-order valence-corrected chi connectivity index (χ0v) is 2.66. The Morgan fingerprint density at radius 3 is 2.33 bits per heavy atom. The van der Waals surface area contributed by atoms with E-state index >= 15 is 0 Å². The third-order valence-electron chi connectivity index (χ3n) is 0.129. The zero-order valence-electron chi connectivity index (χ0n) is 2.66. The fourth-order valence-electron chi connectivity index (χ4n) is 0.0351. The molecule has 0 aromatic heterocycles. The molecule has 0 saturated carbocycles. The van der Waals surface area contributed by atoms with E-state index in [1.54, 1.807) is 0 Å². The smallest absolute Gasteiger partial charge is 0.272 e. The van der Waals surface area contributed by atoms with Gasteiger partial charge in [0.05, 0.1) is 0 Å².